The highest BCUT2D eigenvalue weighted by Gasteiger charge is 2.15. The van der Waals surface area contributed by atoms with E-state index >= 15 is 0 Å². The summed E-state index contributed by atoms with van der Waals surface area (Å²) in [6.45, 7) is 2.06. The molecule has 1 atom stereocenters. The van der Waals surface area contributed by atoms with Gasteiger partial charge in [-0.05, 0) is 24.8 Å². The molecule has 0 bridgehead atoms. The summed E-state index contributed by atoms with van der Waals surface area (Å²) in [4.78, 5) is 10.3. The molecule has 1 aromatic rings. The van der Waals surface area contributed by atoms with Crippen LogP contribution in [0.3, 0.4) is 0 Å². The van der Waals surface area contributed by atoms with Crippen molar-refractivity contribution in [2.24, 2.45) is 0 Å². The SMILES string of the molecule is CCC(CSC)Nc1ccc(C#N)c([N+](=O)[O-])c1. The maximum atomic E-state index is 10.8. The van der Waals surface area contributed by atoms with E-state index in [-0.39, 0.29) is 17.3 Å². The molecular formula is C12H15N3O2S. The number of rotatable bonds is 6. The molecule has 1 aromatic carbocycles. The molecular weight excluding hydrogens is 250 g/mol. The quantitative estimate of drug-likeness (QED) is 0.631. The Labute approximate surface area is 110 Å². The van der Waals surface area contributed by atoms with Gasteiger partial charge in [0.05, 0.1) is 4.92 Å². The van der Waals surface area contributed by atoms with Gasteiger partial charge in [-0.25, -0.2) is 0 Å². The van der Waals surface area contributed by atoms with Gasteiger partial charge in [-0.3, -0.25) is 10.1 Å². The average Bonchev–Trinajstić information content (AvgIpc) is 2.38. The summed E-state index contributed by atoms with van der Waals surface area (Å²) < 4.78 is 0. The number of nitro groups is 1. The van der Waals surface area contributed by atoms with E-state index in [2.05, 4.69) is 12.2 Å². The van der Waals surface area contributed by atoms with E-state index < -0.39 is 4.92 Å². The van der Waals surface area contributed by atoms with Gasteiger partial charge in [-0.2, -0.15) is 17.0 Å². The Hall–Kier alpha value is -1.74. The molecule has 0 spiro atoms. The van der Waals surface area contributed by atoms with Gasteiger partial charge >= 0.3 is 0 Å². The van der Waals surface area contributed by atoms with Crippen molar-refractivity contribution in [3.8, 4) is 6.07 Å². The molecule has 1 N–H and O–H groups in total. The van der Waals surface area contributed by atoms with E-state index in [1.807, 2.05) is 12.3 Å². The number of nitro benzene ring substituents is 1. The molecule has 1 unspecified atom stereocenters. The largest absolute Gasteiger partial charge is 0.381 e. The highest BCUT2D eigenvalue weighted by atomic mass is 32.2. The molecule has 0 radical (unpaired) electrons. The van der Waals surface area contributed by atoms with E-state index in [0.29, 0.717) is 5.69 Å². The first kappa shape index (κ1) is 14.3. The predicted molar refractivity (Wildman–Crippen MR) is 73.9 cm³/mol. The monoisotopic (exact) mass is 265 g/mol. The van der Waals surface area contributed by atoms with Crippen molar-refractivity contribution in [1.29, 1.82) is 5.26 Å². The summed E-state index contributed by atoms with van der Waals surface area (Å²) in [5.74, 6) is 0.935. The second kappa shape index (κ2) is 6.87. The Balaban J connectivity index is 2.95. The minimum atomic E-state index is -0.529. The van der Waals surface area contributed by atoms with Crippen molar-refractivity contribution < 1.29 is 4.92 Å². The lowest BCUT2D eigenvalue weighted by Gasteiger charge is -2.17. The Kier molecular flexibility index (Phi) is 5.46. The molecule has 0 saturated heterocycles. The topological polar surface area (TPSA) is 79.0 Å². The normalized spacial score (nSPS) is 11.6. The number of thioether (sulfide) groups is 1. The molecule has 0 aliphatic carbocycles. The number of benzene rings is 1. The third-order valence-electron chi connectivity index (χ3n) is 2.55. The molecule has 0 saturated carbocycles. The van der Waals surface area contributed by atoms with Crippen LogP contribution in [-0.4, -0.2) is 23.0 Å². The van der Waals surface area contributed by atoms with Crippen molar-refractivity contribution in [1.82, 2.24) is 0 Å². The zero-order chi connectivity index (χ0) is 13.5. The lowest BCUT2D eigenvalue weighted by molar-refractivity contribution is -0.385. The lowest BCUT2D eigenvalue weighted by Crippen LogP contribution is -2.21. The van der Waals surface area contributed by atoms with Crippen LogP contribution in [0.5, 0.6) is 0 Å². The summed E-state index contributed by atoms with van der Waals surface area (Å²) in [7, 11) is 0. The highest BCUT2D eigenvalue weighted by molar-refractivity contribution is 7.98. The zero-order valence-corrected chi connectivity index (χ0v) is 11.2. The fourth-order valence-electron chi connectivity index (χ4n) is 1.57. The Bertz CT molecular complexity index is 471. The number of nitriles is 1. The van der Waals surface area contributed by atoms with Crippen LogP contribution in [0, 0.1) is 21.4 Å². The van der Waals surface area contributed by atoms with Gasteiger partial charge in [0.1, 0.15) is 11.6 Å². The highest BCUT2D eigenvalue weighted by Crippen LogP contribution is 2.23. The van der Waals surface area contributed by atoms with E-state index in [1.54, 1.807) is 17.8 Å². The molecule has 0 fully saturated rings. The van der Waals surface area contributed by atoms with Crippen LogP contribution in [0.4, 0.5) is 11.4 Å². The minimum absolute atomic E-state index is 0.0865. The zero-order valence-electron chi connectivity index (χ0n) is 10.3. The van der Waals surface area contributed by atoms with E-state index in [9.17, 15) is 10.1 Å². The second-order valence-corrected chi connectivity index (χ2v) is 4.72. The maximum Gasteiger partial charge on any atom is 0.289 e. The molecule has 6 heteroatoms. The number of nitrogens with zero attached hydrogens (tertiary/aromatic N) is 2. The Morgan fingerprint density at radius 2 is 2.33 bits per heavy atom. The van der Waals surface area contributed by atoms with Crippen LogP contribution in [0.25, 0.3) is 0 Å². The first-order valence-corrected chi connectivity index (χ1v) is 6.95. The number of anilines is 1. The second-order valence-electron chi connectivity index (χ2n) is 3.81. The van der Waals surface area contributed by atoms with Crippen molar-refractivity contribution in [2.45, 2.75) is 19.4 Å². The molecule has 1 rings (SSSR count). The van der Waals surface area contributed by atoms with Gasteiger partial charge in [0.15, 0.2) is 0 Å². The van der Waals surface area contributed by atoms with Gasteiger partial charge in [-0.15, -0.1) is 0 Å². The van der Waals surface area contributed by atoms with E-state index in [0.717, 1.165) is 12.2 Å². The van der Waals surface area contributed by atoms with Gasteiger partial charge in [0.25, 0.3) is 5.69 Å². The first-order valence-electron chi connectivity index (χ1n) is 5.56. The molecule has 5 nitrogen and oxygen atoms in total. The van der Waals surface area contributed by atoms with E-state index in [1.165, 1.54) is 12.1 Å². The fourth-order valence-corrected chi connectivity index (χ4v) is 2.29. The maximum absolute atomic E-state index is 10.8. The average molecular weight is 265 g/mol. The Morgan fingerprint density at radius 1 is 1.61 bits per heavy atom. The third kappa shape index (κ3) is 3.64. The summed E-state index contributed by atoms with van der Waals surface area (Å²) in [5, 5.41) is 22.9. The van der Waals surface area contributed by atoms with Gasteiger partial charge in [0, 0.05) is 23.5 Å². The summed E-state index contributed by atoms with van der Waals surface area (Å²) in [5.41, 5.74) is 0.617. The first-order chi connectivity index (χ1) is 8.62. The minimum Gasteiger partial charge on any atom is -0.381 e. The molecule has 0 aliphatic rings. The predicted octanol–water partition coefficient (Wildman–Crippen LogP) is 3.02. The molecule has 0 aromatic heterocycles. The smallest absolute Gasteiger partial charge is 0.289 e. The van der Waals surface area contributed by atoms with E-state index in [4.69, 9.17) is 5.26 Å². The fraction of sp³-hybridized carbons (Fsp3) is 0.417. The standard InChI is InChI=1S/C12H15N3O2S/c1-3-10(8-18-2)14-11-5-4-9(7-13)12(6-11)15(16)17/h4-6,10,14H,3,8H2,1-2H3. The molecule has 18 heavy (non-hydrogen) atoms. The molecule has 96 valence electrons. The van der Waals surface area contributed by atoms with Gasteiger partial charge in [0.2, 0.25) is 0 Å². The van der Waals surface area contributed by atoms with Crippen molar-refractivity contribution in [2.75, 3.05) is 17.3 Å². The number of nitrogens with one attached hydrogen (secondary N) is 1. The van der Waals surface area contributed by atoms with Crippen LogP contribution in [0.15, 0.2) is 18.2 Å². The van der Waals surface area contributed by atoms with Crippen LogP contribution < -0.4 is 5.32 Å². The number of hydrogen-bond donors (Lipinski definition) is 1. The van der Waals surface area contributed by atoms with Crippen LogP contribution >= 0.6 is 11.8 Å². The summed E-state index contributed by atoms with van der Waals surface area (Å²) >= 11 is 1.72. The van der Waals surface area contributed by atoms with Gasteiger partial charge < -0.3 is 5.32 Å². The number of hydrogen-bond acceptors (Lipinski definition) is 5. The van der Waals surface area contributed by atoms with Crippen molar-refractivity contribution in [3.63, 3.8) is 0 Å². The van der Waals surface area contributed by atoms with Crippen LogP contribution in [0.1, 0.15) is 18.9 Å². The molecule has 0 amide bonds. The van der Waals surface area contributed by atoms with Gasteiger partial charge in [-0.1, -0.05) is 6.92 Å². The van der Waals surface area contributed by atoms with Crippen molar-refractivity contribution in [3.05, 3.63) is 33.9 Å². The van der Waals surface area contributed by atoms with Crippen LogP contribution in [0.2, 0.25) is 0 Å². The molecule has 0 aliphatic heterocycles. The third-order valence-corrected chi connectivity index (χ3v) is 3.28. The summed E-state index contributed by atoms with van der Waals surface area (Å²) in [6.07, 6.45) is 2.96. The Morgan fingerprint density at radius 3 is 2.83 bits per heavy atom. The summed E-state index contributed by atoms with van der Waals surface area (Å²) in [6, 6.07) is 6.69. The van der Waals surface area contributed by atoms with Crippen LogP contribution in [-0.2, 0) is 0 Å². The molecule has 0 heterocycles. The van der Waals surface area contributed by atoms with Crippen molar-refractivity contribution >= 4 is 23.1 Å². The lowest BCUT2D eigenvalue weighted by atomic mass is 10.1.